The molecule has 0 aliphatic carbocycles. The van der Waals surface area contributed by atoms with Gasteiger partial charge >= 0.3 is 0 Å². The van der Waals surface area contributed by atoms with Gasteiger partial charge in [-0.3, -0.25) is 9.59 Å². The number of carbonyl (C=O) groups is 2. The van der Waals surface area contributed by atoms with Gasteiger partial charge in [-0.05, 0) is 44.4 Å². The van der Waals surface area contributed by atoms with Crippen LogP contribution in [0.5, 0.6) is 11.5 Å². The molecule has 6 heteroatoms. The SMILES string of the molecule is CCOc1ccc(C(=O)NCCC(CC)N2CCCC2=O)cc1OC. The maximum absolute atomic E-state index is 12.3. The minimum atomic E-state index is -0.149. The smallest absolute Gasteiger partial charge is 0.251 e. The maximum Gasteiger partial charge on any atom is 0.251 e. The summed E-state index contributed by atoms with van der Waals surface area (Å²) in [6.07, 6.45) is 3.25. The Morgan fingerprint density at radius 1 is 1.32 bits per heavy atom. The highest BCUT2D eigenvalue weighted by molar-refractivity contribution is 5.94. The molecular formula is C19H28N2O4. The summed E-state index contributed by atoms with van der Waals surface area (Å²) in [5.41, 5.74) is 0.533. The van der Waals surface area contributed by atoms with Gasteiger partial charge in [-0.1, -0.05) is 6.92 Å². The maximum atomic E-state index is 12.3. The highest BCUT2D eigenvalue weighted by atomic mass is 16.5. The standard InChI is InChI=1S/C19H28N2O4/c1-4-15(21-12-6-7-18(21)22)10-11-20-19(23)14-8-9-16(25-5-2)17(13-14)24-3/h8-9,13,15H,4-7,10-12H2,1-3H3,(H,20,23). The molecule has 0 bridgehead atoms. The molecule has 1 unspecified atom stereocenters. The fraction of sp³-hybridized carbons (Fsp3) is 0.579. The molecule has 1 N–H and O–H groups in total. The van der Waals surface area contributed by atoms with Crippen LogP contribution in [0.3, 0.4) is 0 Å². The van der Waals surface area contributed by atoms with E-state index < -0.39 is 0 Å². The Kier molecular flexibility index (Phi) is 7.10. The van der Waals surface area contributed by atoms with Crippen LogP contribution in [0, 0.1) is 0 Å². The van der Waals surface area contributed by atoms with Gasteiger partial charge in [-0.25, -0.2) is 0 Å². The summed E-state index contributed by atoms with van der Waals surface area (Å²) < 4.78 is 10.7. The van der Waals surface area contributed by atoms with E-state index in [4.69, 9.17) is 9.47 Å². The van der Waals surface area contributed by atoms with Crippen LogP contribution in [0.15, 0.2) is 18.2 Å². The lowest BCUT2D eigenvalue weighted by molar-refractivity contribution is -0.129. The third-order valence-corrected chi connectivity index (χ3v) is 4.51. The molecule has 6 nitrogen and oxygen atoms in total. The Bertz CT molecular complexity index is 603. The molecule has 2 amide bonds. The molecule has 0 radical (unpaired) electrons. The molecule has 1 saturated heterocycles. The summed E-state index contributed by atoms with van der Waals surface area (Å²) in [5.74, 6) is 1.25. The second kappa shape index (κ2) is 9.30. The van der Waals surface area contributed by atoms with Crippen molar-refractivity contribution in [1.82, 2.24) is 10.2 Å². The predicted octanol–water partition coefficient (Wildman–Crippen LogP) is 2.61. The van der Waals surface area contributed by atoms with Crippen LogP contribution in [-0.4, -0.2) is 49.6 Å². The van der Waals surface area contributed by atoms with E-state index in [9.17, 15) is 9.59 Å². The van der Waals surface area contributed by atoms with Crippen molar-refractivity contribution >= 4 is 11.8 Å². The first-order valence-corrected chi connectivity index (χ1v) is 8.99. The number of rotatable bonds is 9. The molecule has 1 heterocycles. The number of hydrogen-bond donors (Lipinski definition) is 1. The first-order chi connectivity index (χ1) is 12.1. The summed E-state index contributed by atoms with van der Waals surface area (Å²) in [6.45, 7) is 5.89. The molecule has 1 fully saturated rings. The van der Waals surface area contributed by atoms with E-state index in [0.29, 0.717) is 36.6 Å². The number of nitrogens with one attached hydrogen (secondary N) is 1. The zero-order chi connectivity index (χ0) is 18.2. The van der Waals surface area contributed by atoms with Gasteiger partial charge in [0, 0.05) is 31.1 Å². The van der Waals surface area contributed by atoms with Crippen LogP contribution >= 0.6 is 0 Å². The minimum Gasteiger partial charge on any atom is -0.493 e. The van der Waals surface area contributed by atoms with E-state index in [1.165, 1.54) is 0 Å². The van der Waals surface area contributed by atoms with Gasteiger partial charge in [0.2, 0.25) is 5.91 Å². The lowest BCUT2D eigenvalue weighted by atomic mass is 10.1. The Morgan fingerprint density at radius 3 is 2.72 bits per heavy atom. The molecule has 1 atom stereocenters. The van der Waals surface area contributed by atoms with Gasteiger partial charge in [0.1, 0.15) is 0 Å². The Balaban J connectivity index is 1.90. The number of benzene rings is 1. The number of ether oxygens (including phenoxy) is 2. The van der Waals surface area contributed by atoms with E-state index in [2.05, 4.69) is 12.2 Å². The average molecular weight is 348 g/mol. The largest absolute Gasteiger partial charge is 0.493 e. The molecular weight excluding hydrogens is 320 g/mol. The van der Waals surface area contributed by atoms with Crippen LogP contribution in [0.4, 0.5) is 0 Å². The quantitative estimate of drug-likeness (QED) is 0.745. The van der Waals surface area contributed by atoms with Crippen molar-refractivity contribution in [2.75, 3.05) is 26.8 Å². The Hall–Kier alpha value is -2.24. The number of methoxy groups -OCH3 is 1. The zero-order valence-electron chi connectivity index (χ0n) is 15.3. The van der Waals surface area contributed by atoms with Crippen LogP contribution in [0.25, 0.3) is 0 Å². The Morgan fingerprint density at radius 2 is 2.12 bits per heavy atom. The van der Waals surface area contributed by atoms with E-state index >= 15 is 0 Å². The van der Waals surface area contributed by atoms with Crippen LogP contribution < -0.4 is 14.8 Å². The van der Waals surface area contributed by atoms with Crippen molar-refractivity contribution in [3.63, 3.8) is 0 Å². The summed E-state index contributed by atoms with van der Waals surface area (Å²) in [4.78, 5) is 26.2. The second-order valence-electron chi connectivity index (χ2n) is 6.10. The van der Waals surface area contributed by atoms with Crippen molar-refractivity contribution in [3.8, 4) is 11.5 Å². The fourth-order valence-corrected chi connectivity index (χ4v) is 3.17. The summed E-state index contributed by atoms with van der Waals surface area (Å²) in [7, 11) is 1.55. The van der Waals surface area contributed by atoms with Gasteiger partial charge in [-0.2, -0.15) is 0 Å². The molecule has 1 aliphatic rings. The Labute approximate surface area is 149 Å². The molecule has 0 aromatic heterocycles. The van der Waals surface area contributed by atoms with Crippen molar-refractivity contribution < 1.29 is 19.1 Å². The number of carbonyl (C=O) groups excluding carboxylic acids is 2. The van der Waals surface area contributed by atoms with E-state index in [0.717, 1.165) is 25.8 Å². The topological polar surface area (TPSA) is 67.9 Å². The van der Waals surface area contributed by atoms with E-state index in [-0.39, 0.29) is 17.9 Å². The van der Waals surface area contributed by atoms with Crippen LogP contribution in [-0.2, 0) is 4.79 Å². The van der Waals surface area contributed by atoms with Crippen LogP contribution in [0.2, 0.25) is 0 Å². The molecule has 25 heavy (non-hydrogen) atoms. The molecule has 0 saturated carbocycles. The van der Waals surface area contributed by atoms with Crippen molar-refractivity contribution in [3.05, 3.63) is 23.8 Å². The second-order valence-corrected chi connectivity index (χ2v) is 6.10. The van der Waals surface area contributed by atoms with Crippen molar-refractivity contribution in [1.29, 1.82) is 0 Å². The minimum absolute atomic E-state index is 0.149. The summed E-state index contributed by atoms with van der Waals surface area (Å²) >= 11 is 0. The van der Waals surface area contributed by atoms with Crippen LogP contribution in [0.1, 0.15) is 49.9 Å². The van der Waals surface area contributed by atoms with Gasteiger partial charge in [-0.15, -0.1) is 0 Å². The lowest BCUT2D eigenvalue weighted by Gasteiger charge is -2.26. The number of amides is 2. The number of likely N-dealkylation sites (tertiary alicyclic amines) is 1. The van der Waals surface area contributed by atoms with Gasteiger partial charge in [0.25, 0.3) is 5.91 Å². The highest BCUT2D eigenvalue weighted by Gasteiger charge is 2.26. The number of nitrogens with zero attached hydrogens (tertiary/aromatic N) is 1. The monoisotopic (exact) mass is 348 g/mol. The van der Waals surface area contributed by atoms with Gasteiger partial charge < -0.3 is 19.7 Å². The fourth-order valence-electron chi connectivity index (χ4n) is 3.17. The van der Waals surface area contributed by atoms with Gasteiger partial charge in [0.05, 0.1) is 13.7 Å². The average Bonchev–Trinajstić information content (AvgIpc) is 3.05. The van der Waals surface area contributed by atoms with Crippen molar-refractivity contribution in [2.45, 2.75) is 45.6 Å². The molecule has 1 aliphatic heterocycles. The van der Waals surface area contributed by atoms with Crippen molar-refractivity contribution in [2.24, 2.45) is 0 Å². The predicted molar refractivity (Wildman–Crippen MR) is 96.1 cm³/mol. The molecule has 2 rings (SSSR count). The van der Waals surface area contributed by atoms with Gasteiger partial charge in [0.15, 0.2) is 11.5 Å². The number of hydrogen-bond acceptors (Lipinski definition) is 4. The van der Waals surface area contributed by atoms with E-state index in [1.807, 2.05) is 11.8 Å². The highest BCUT2D eigenvalue weighted by Crippen LogP contribution is 2.28. The molecule has 138 valence electrons. The summed E-state index contributed by atoms with van der Waals surface area (Å²) in [6, 6.07) is 5.35. The molecule has 1 aromatic carbocycles. The van der Waals surface area contributed by atoms with E-state index in [1.54, 1.807) is 25.3 Å². The normalized spacial score (nSPS) is 15.2. The third kappa shape index (κ3) is 4.87. The molecule has 1 aromatic rings. The summed E-state index contributed by atoms with van der Waals surface area (Å²) in [5, 5.41) is 2.93. The lowest BCUT2D eigenvalue weighted by Crippen LogP contribution is -2.38. The first kappa shape index (κ1) is 19.1. The molecule has 0 spiro atoms. The zero-order valence-corrected chi connectivity index (χ0v) is 15.3. The third-order valence-electron chi connectivity index (χ3n) is 4.51. The first-order valence-electron chi connectivity index (χ1n) is 8.99.